The molecule has 1 fully saturated rings. The second-order valence-electron chi connectivity index (χ2n) is 4.37. The molecule has 0 spiro atoms. The van der Waals surface area contributed by atoms with Gasteiger partial charge >= 0.3 is 0 Å². The van der Waals surface area contributed by atoms with Crippen LogP contribution in [0.3, 0.4) is 0 Å². The first-order valence-electron chi connectivity index (χ1n) is 5.73. The Kier molecular flexibility index (Phi) is 3.49. The molecule has 2 rings (SSSR count). The summed E-state index contributed by atoms with van der Waals surface area (Å²) in [6.45, 7) is 0. The Balaban J connectivity index is 2.04. The summed E-state index contributed by atoms with van der Waals surface area (Å²) in [5.41, 5.74) is 0.876. The minimum atomic E-state index is -0.909. The minimum Gasteiger partial charge on any atom is -0.550 e. The highest BCUT2D eigenvalue weighted by Gasteiger charge is 2.26. The van der Waals surface area contributed by atoms with Gasteiger partial charge in [-0.05, 0) is 25.2 Å². The van der Waals surface area contributed by atoms with E-state index >= 15 is 0 Å². The van der Waals surface area contributed by atoms with Crippen molar-refractivity contribution < 1.29 is 9.90 Å². The summed E-state index contributed by atoms with van der Waals surface area (Å²) in [7, 11) is 0. The van der Waals surface area contributed by atoms with Crippen LogP contribution in [0.5, 0.6) is 0 Å². The molecule has 1 aliphatic carbocycles. The molecular formula is C12H15N2O2-. The predicted octanol–water partition coefficient (Wildman–Crippen LogP) is 0.575. The minimum absolute atomic E-state index is 0.162. The van der Waals surface area contributed by atoms with Gasteiger partial charge in [0.05, 0.1) is 5.69 Å². The Labute approximate surface area is 94.7 Å². The highest BCUT2D eigenvalue weighted by molar-refractivity contribution is 5.68. The normalized spacial score (nSPS) is 25.2. The molecule has 0 amide bonds. The van der Waals surface area contributed by atoms with Gasteiger partial charge in [0, 0.05) is 30.5 Å². The van der Waals surface area contributed by atoms with Gasteiger partial charge in [-0.25, -0.2) is 0 Å². The lowest BCUT2D eigenvalue weighted by atomic mass is 9.77. The van der Waals surface area contributed by atoms with Crippen LogP contribution in [0.4, 0.5) is 0 Å². The van der Waals surface area contributed by atoms with Gasteiger partial charge in [0.2, 0.25) is 0 Å². The lowest BCUT2D eigenvalue weighted by Gasteiger charge is -2.31. The van der Waals surface area contributed by atoms with Crippen LogP contribution in [0, 0.1) is 11.8 Å². The average molecular weight is 219 g/mol. The Bertz CT molecular complexity index is 353. The van der Waals surface area contributed by atoms with Gasteiger partial charge in [0.1, 0.15) is 0 Å². The zero-order valence-corrected chi connectivity index (χ0v) is 9.13. The maximum absolute atomic E-state index is 11.0. The summed E-state index contributed by atoms with van der Waals surface area (Å²) in [6.07, 6.45) is 9.48. The van der Waals surface area contributed by atoms with Crippen molar-refractivity contribution in [1.82, 2.24) is 9.97 Å². The molecule has 0 N–H and O–H groups in total. The molecule has 0 aromatic carbocycles. The van der Waals surface area contributed by atoms with Crippen LogP contribution < -0.4 is 5.11 Å². The number of carboxylic acids is 1. The molecule has 2 unspecified atom stereocenters. The van der Waals surface area contributed by atoms with E-state index in [1.54, 1.807) is 18.6 Å². The van der Waals surface area contributed by atoms with Gasteiger partial charge in [-0.1, -0.05) is 12.8 Å². The Morgan fingerprint density at radius 1 is 1.38 bits per heavy atom. The number of carboxylic acid groups (broad SMARTS) is 1. The molecule has 1 aromatic rings. The Morgan fingerprint density at radius 2 is 2.19 bits per heavy atom. The van der Waals surface area contributed by atoms with Crippen molar-refractivity contribution >= 4 is 5.97 Å². The first-order chi connectivity index (χ1) is 7.77. The third-order valence-electron chi connectivity index (χ3n) is 3.30. The van der Waals surface area contributed by atoms with Crippen molar-refractivity contribution in [3.63, 3.8) is 0 Å². The van der Waals surface area contributed by atoms with Gasteiger partial charge in [0.25, 0.3) is 0 Å². The summed E-state index contributed by atoms with van der Waals surface area (Å²) in [6, 6.07) is 0. The number of nitrogens with zero attached hydrogens (tertiary/aromatic N) is 2. The zero-order valence-electron chi connectivity index (χ0n) is 9.13. The van der Waals surface area contributed by atoms with Crippen molar-refractivity contribution in [2.75, 3.05) is 0 Å². The van der Waals surface area contributed by atoms with Crippen LogP contribution in [-0.2, 0) is 11.2 Å². The average Bonchev–Trinajstić information content (AvgIpc) is 2.31. The van der Waals surface area contributed by atoms with E-state index in [-0.39, 0.29) is 11.8 Å². The molecule has 1 aliphatic rings. The molecule has 4 nitrogen and oxygen atoms in total. The van der Waals surface area contributed by atoms with Crippen LogP contribution in [0.2, 0.25) is 0 Å². The van der Waals surface area contributed by atoms with Gasteiger partial charge in [-0.2, -0.15) is 0 Å². The maximum Gasteiger partial charge on any atom is 0.0589 e. The third kappa shape index (κ3) is 2.56. The van der Waals surface area contributed by atoms with E-state index in [0.29, 0.717) is 6.42 Å². The van der Waals surface area contributed by atoms with Gasteiger partial charge in [-0.15, -0.1) is 0 Å². The number of aliphatic carboxylic acids is 1. The van der Waals surface area contributed by atoms with Gasteiger partial charge in [-0.3, -0.25) is 9.97 Å². The van der Waals surface area contributed by atoms with Crippen LogP contribution in [0.1, 0.15) is 31.4 Å². The standard InChI is InChI=1S/C12H16N2O2/c15-12(16)11-4-2-1-3-9(11)7-10-8-13-5-6-14-10/h5-6,8-9,11H,1-4,7H2,(H,15,16)/p-1. The molecule has 2 atom stereocenters. The van der Waals surface area contributed by atoms with Gasteiger partial charge < -0.3 is 9.90 Å². The highest BCUT2D eigenvalue weighted by Crippen LogP contribution is 2.31. The molecular weight excluding hydrogens is 204 g/mol. The topological polar surface area (TPSA) is 65.9 Å². The smallest absolute Gasteiger partial charge is 0.0589 e. The van der Waals surface area contributed by atoms with Crippen LogP contribution in [-0.4, -0.2) is 15.9 Å². The fourth-order valence-corrected chi connectivity index (χ4v) is 2.47. The summed E-state index contributed by atoms with van der Waals surface area (Å²) < 4.78 is 0. The van der Waals surface area contributed by atoms with Crippen LogP contribution in [0.15, 0.2) is 18.6 Å². The first kappa shape index (κ1) is 11.0. The predicted molar refractivity (Wildman–Crippen MR) is 56.2 cm³/mol. The summed E-state index contributed by atoms with van der Waals surface area (Å²) >= 11 is 0. The van der Waals surface area contributed by atoms with Crippen molar-refractivity contribution in [3.8, 4) is 0 Å². The number of carbonyl (C=O) groups is 1. The van der Waals surface area contributed by atoms with Crippen LogP contribution in [0.25, 0.3) is 0 Å². The van der Waals surface area contributed by atoms with E-state index in [4.69, 9.17) is 0 Å². The van der Waals surface area contributed by atoms with Crippen molar-refractivity contribution in [2.45, 2.75) is 32.1 Å². The van der Waals surface area contributed by atoms with Gasteiger partial charge in [0.15, 0.2) is 0 Å². The second kappa shape index (κ2) is 5.05. The van der Waals surface area contributed by atoms with E-state index in [9.17, 15) is 9.90 Å². The maximum atomic E-state index is 11.0. The highest BCUT2D eigenvalue weighted by atomic mass is 16.4. The quantitative estimate of drug-likeness (QED) is 0.745. The number of hydrogen-bond acceptors (Lipinski definition) is 4. The third-order valence-corrected chi connectivity index (χ3v) is 3.30. The second-order valence-corrected chi connectivity index (χ2v) is 4.37. The fraction of sp³-hybridized carbons (Fsp3) is 0.583. The number of aromatic nitrogens is 2. The molecule has 0 saturated heterocycles. The van der Waals surface area contributed by atoms with Crippen molar-refractivity contribution in [2.24, 2.45) is 11.8 Å². The number of hydrogen-bond donors (Lipinski definition) is 0. The zero-order chi connectivity index (χ0) is 11.4. The van der Waals surface area contributed by atoms with E-state index in [1.165, 1.54) is 0 Å². The van der Waals surface area contributed by atoms with Crippen molar-refractivity contribution in [3.05, 3.63) is 24.3 Å². The molecule has 0 bridgehead atoms. The fourth-order valence-electron chi connectivity index (χ4n) is 2.47. The molecule has 0 aliphatic heterocycles. The van der Waals surface area contributed by atoms with E-state index < -0.39 is 5.97 Å². The molecule has 1 saturated carbocycles. The van der Waals surface area contributed by atoms with E-state index in [2.05, 4.69) is 9.97 Å². The van der Waals surface area contributed by atoms with E-state index in [1.807, 2.05) is 0 Å². The molecule has 16 heavy (non-hydrogen) atoms. The Morgan fingerprint density at radius 3 is 2.88 bits per heavy atom. The Hall–Kier alpha value is -1.45. The summed E-state index contributed by atoms with van der Waals surface area (Å²) in [5, 5.41) is 11.0. The summed E-state index contributed by atoms with van der Waals surface area (Å²) in [5.74, 6) is -1.06. The molecule has 0 radical (unpaired) electrons. The number of rotatable bonds is 3. The largest absolute Gasteiger partial charge is 0.550 e. The molecule has 4 heteroatoms. The SMILES string of the molecule is O=C([O-])C1CCCCC1Cc1cnccn1. The first-order valence-corrected chi connectivity index (χ1v) is 5.73. The molecule has 86 valence electrons. The number of carbonyl (C=O) groups excluding carboxylic acids is 1. The lowest BCUT2D eigenvalue weighted by molar-refractivity contribution is -0.314. The summed E-state index contributed by atoms with van der Waals surface area (Å²) in [4.78, 5) is 19.2. The van der Waals surface area contributed by atoms with E-state index in [0.717, 1.165) is 31.4 Å². The molecule has 1 aromatic heterocycles. The lowest BCUT2D eigenvalue weighted by Crippen LogP contribution is -2.38. The van der Waals surface area contributed by atoms with Crippen molar-refractivity contribution in [1.29, 1.82) is 0 Å². The molecule has 1 heterocycles. The monoisotopic (exact) mass is 219 g/mol. The van der Waals surface area contributed by atoms with Crippen LogP contribution >= 0.6 is 0 Å².